The summed E-state index contributed by atoms with van der Waals surface area (Å²) < 4.78 is 5.97. The summed E-state index contributed by atoms with van der Waals surface area (Å²) in [6.45, 7) is 4.77. The molecule has 0 atom stereocenters. The predicted octanol–water partition coefficient (Wildman–Crippen LogP) is 4.66. The second-order valence-electron chi connectivity index (χ2n) is 5.01. The Morgan fingerprint density at radius 2 is 2.00 bits per heavy atom. The van der Waals surface area contributed by atoms with Crippen molar-refractivity contribution in [3.8, 4) is 5.75 Å². The Morgan fingerprint density at radius 1 is 1.17 bits per heavy atom. The van der Waals surface area contributed by atoms with E-state index in [4.69, 9.17) is 4.74 Å². The van der Waals surface area contributed by atoms with Gasteiger partial charge in [0.2, 0.25) is 0 Å². The first kappa shape index (κ1) is 11.3. The maximum Gasteiger partial charge on any atom is 0.127 e. The van der Waals surface area contributed by atoms with E-state index in [2.05, 4.69) is 43.0 Å². The zero-order valence-electron chi connectivity index (χ0n) is 10.6. The summed E-state index contributed by atoms with van der Waals surface area (Å²) >= 11 is 0. The molecule has 0 spiro atoms. The van der Waals surface area contributed by atoms with Gasteiger partial charge in [0.1, 0.15) is 5.75 Å². The summed E-state index contributed by atoms with van der Waals surface area (Å²) in [6.07, 6.45) is 5.90. The van der Waals surface area contributed by atoms with Crippen molar-refractivity contribution in [2.24, 2.45) is 5.92 Å². The van der Waals surface area contributed by atoms with Gasteiger partial charge in [-0.1, -0.05) is 49.4 Å². The van der Waals surface area contributed by atoms with Gasteiger partial charge in [0.15, 0.2) is 0 Å². The van der Waals surface area contributed by atoms with Gasteiger partial charge in [-0.2, -0.15) is 0 Å². The molecule has 18 heavy (non-hydrogen) atoms. The Hall–Kier alpha value is -1.76. The van der Waals surface area contributed by atoms with Crippen LogP contribution in [0.25, 0.3) is 16.8 Å². The molecule has 1 saturated carbocycles. The van der Waals surface area contributed by atoms with Crippen molar-refractivity contribution in [1.82, 2.24) is 0 Å². The molecule has 1 aliphatic carbocycles. The molecule has 1 aliphatic rings. The summed E-state index contributed by atoms with van der Waals surface area (Å²) in [7, 11) is 0. The van der Waals surface area contributed by atoms with E-state index in [1.54, 1.807) is 0 Å². The zero-order chi connectivity index (χ0) is 12.4. The molecular formula is C17H18O. The van der Waals surface area contributed by atoms with Crippen LogP contribution in [-0.4, -0.2) is 6.61 Å². The van der Waals surface area contributed by atoms with Gasteiger partial charge in [-0.25, -0.2) is 0 Å². The molecule has 0 radical (unpaired) electrons. The minimum absolute atomic E-state index is 0.758. The van der Waals surface area contributed by atoms with Gasteiger partial charge < -0.3 is 4.74 Å². The van der Waals surface area contributed by atoms with E-state index in [-0.39, 0.29) is 0 Å². The molecule has 0 unspecified atom stereocenters. The molecule has 0 saturated heterocycles. The van der Waals surface area contributed by atoms with Crippen LogP contribution in [0.15, 0.2) is 43.0 Å². The second-order valence-corrected chi connectivity index (χ2v) is 5.01. The van der Waals surface area contributed by atoms with E-state index in [0.29, 0.717) is 0 Å². The van der Waals surface area contributed by atoms with Crippen LogP contribution in [-0.2, 0) is 0 Å². The number of hydrogen-bond acceptors (Lipinski definition) is 1. The fourth-order valence-corrected chi connectivity index (χ4v) is 2.48. The third-order valence-electron chi connectivity index (χ3n) is 3.83. The van der Waals surface area contributed by atoms with Crippen LogP contribution in [0.5, 0.6) is 5.75 Å². The van der Waals surface area contributed by atoms with Gasteiger partial charge in [0.05, 0.1) is 6.61 Å². The van der Waals surface area contributed by atoms with Gasteiger partial charge in [0.25, 0.3) is 0 Å². The smallest absolute Gasteiger partial charge is 0.127 e. The molecule has 1 nitrogen and oxygen atoms in total. The van der Waals surface area contributed by atoms with Crippen LogP contribution in [0.1, 0.15) is 24.8 Å². The maximum absolute atomic E-state index is 5.97. The lowest BCUT2D eigenvalue weighted by Gasteiger charge is -2.25. The standard InChI is InChI=1S/C17H18O/c1-2-15-16-9-4-3-8-14(16)10-11-17(15)18-12-13-6-5-7-13/h2-4,8-11,13H,1,5-7,12H2. The molecule has 2 aromatic rings. The molecule has 1 heteroatoms. The highest BCUT2D eigenvalue weighted by Crippen LogP contribution is 2.31. The summed E-state index contributed by atoms with van der Waals surface area (Å²) in [5, 5.41) is 2.46. The summed E-state index contributed by atoms with van der Waals surface area (Å²) in [5.41, 5.74) is 1.12. The van der Waals surface area contributed by atoms with Gasteiger partial charge in [0, 0.05) is 5.56 Å². The first-order valence-electron chi connectivity index (χ1n) is 6.65. The minimum atomic E-state index is 0.758. The van der Waals surface area contributed by atoms with Crippen LogP contribution >= 0.6 is 0 Å². The normalized spacial score (nSPS) is 15.3. The van der Waals surface area contributed by atoms with E-state index in [1.165, 1.54) is 30.0 Å². The summed E-state index contributed by atoms with van der Waals surface area (Å²) in [6, 6.07) is 12.6. The lowest BCUT2D eigenvalue weighted by molar-refractivity contribution is 0.180. The highest BCUT2D eigenvalue weighted by Gasteiger charge is 2.18. The van der Waals surface area contributed by atoms with Gasteiger partial charge in [-0.15, -0.1) is 0 Å². The number of hydrogen-bond donors (Lipinski definition) is 0. The highest BCUT2D eigenvalue weighted by atomic mass is 16.5. The molecule has 0 bridgehead atoms. The van der Waals surface area contributed by atoms with Crippen LogP contribution in [0.4, 0.5) is 0 Å². The molecule has 0 amide bonds. The van der Waals surface area contributed by atoms with Crippen LogP contribution in [0.2, 0.25) is 0 Å². The van der Waals surface area contributed by atoms with E-state index in [0.717, 1.165) is 23.8 Å². The highest BCUT2D eigenvalue weighted by molar-refractivity contribution is 5.92. The third-order valence-corrected chi connectivity index (χ3v) is 3.83. The number of rotatable bonds is 4. The Labute approximate surface area is 108 Å². The molecular weight excluding hydrogens is 220 g/mol. The first-order chi connectivity index (χ1) is 8.88. The quantitative estimate of drug-likeness (QED) is 0.752. The lowest BCUT2D eigenvalue weighted by Crippen LogP contribution is -2.19. The van der Waals surface area contributed by atoms with Crippen molar-refractivity contribution in [2.45, 2.75) is 19.3 Å². The zero-order valence-corrected chi connectivity index (χ0v) is 10.6. The Bertz CT molecular complexity index is 567. The first-order valence-corrected chi connectivity index (χ1v) is 6.65. The van der Waals surface area contributed by atoms with E-state index in [9.17, 15) is 0 Å². The molecule has 0 heterocycles. The second kappa shape index (κ2) is 4.85. The maximum atomic E-state index is 5.97. The van der Waals surface area contributed by atoms with Crippen molar-refractivity contribution < 1.29 is 4.74 Å². The van der Waals surface area contributed by atoms with Gasteiger partial charge in [-0.05, 0) is 35.6 Å². The molecule has 1 fully saturated rings. The van der Waals surface area contributed by atoms with E-state index < -0.39 is 0 Å². The van der Waals surface area contributed by atoms with Crippen molar-refractivity contribution in [3.63, 3.8) is 0 Å². The van der Waals surface area contributed by atoms with Crippen LogP contribution in [0, 0.1) is 5.92 Å². The topological polar surface area (TPSA) is 9.23 Å². The van der Waals surface area contributed by atoms with E-state index >= 15 is 0 Å². The van der Waals surface area contributed by atoms with Crippen molar-refractivity contribution >= 4 is 16.8 Å². The minimum Gasteiger partial charge on any atom is -0.493 e. The average Bonchev–Trinajstić information content (AvgIpc) is 2.36. The van der Waals surface area contributed by atoms with Crippen molar-refractivity contribution in [2.75, 3.05) is 6.61 Å². The van der Waals surface area contributed by atoms with Crippen LogP contribution < -0.4 is 4.74 Å². The lowest BCUT2D eigenvalue weighted by atomic mass is 9.86. The fraction of sp³-hybridized carbons (Fsp3) is 0.294. The summed E-state index contributed by atoms with van der Waals surface area (Å²) in [5.74, 6) is 1.73. The fourth-order valence-electron chi connectivity index (χ4n) is 2.48. The molecule has 2 aromatic carbocycles. The summed E-state index contributed by atoms with van der Waals surface area (Å²) in [4.78, 5) is 0. The Balaban J connectivity index is 1.92. The van der Waals surface area contributed by atoms with Crippen molar-refractivity contribution in [3.05, 3.63) is 48.5 Å². The van der Waals surface area contributed by atoms with Gasteiger partial charge in [-0.3, -0.25) is 0 Å². The SMILES string of the molecule is C=Cc1c(OCC2CCC2)ccc2ccccc12. The largest absolute Gasteiger partial charge is 0.493 e. The van der Waals surface area contributed by atoms with Crippen molar-refractivity contribution in [1.29, 1.82) is 0 Å². The molecule has 3 rings (SSSR count). The monoisotopic (exact) mass is 238 g/mol. The Morgan fingerprint density at radius 3 is 2.72 bits per heavy atom. The molecule has 0 aromatic heterocycles. The molecule has 92 valence electrons. The Kier molecular flexibility index (Phi) is 3.06. The van der Waals surface area contributed by atoms with Crippen LogP contribution in [0.3, 0.4) is 0 Å². The third kappa shape index (κ3) is 2.01. The molecule has 0 N–H and O–H groups in total. The van der Waals surface area contributed by atoms with Gasteiger partial charge >= 0.3 is 0 Å². The number of fused-ring (bicyclic) bond motifs is 1. The number of benzene rings is 2. The number of ether oxygens (including phenoxy) is 1. The predicted molar refractivity (Wildman–Crippen MR) is 76.9 cm³/mol. The average molecular weight is 238 g/mol. The van der Waals surface area contributed by atoms with E-state index in [1.807, 2.05) is 6.08 Å². The molecule has 0 aliphatic heterocycles.